The third-order valence-corrected chi connectivity index (χ3v) is 5.20. The van der Waals surface area contributed by atoms with Gasteiger partial charge in [-0.05, 0) is 49.1 Å². The van der Waals surface area contributed by atoms with Crippen molar-refractivity contribution in [1.82, 2.24) is 9.88 Å². The molecule has 1 aliphatic heterocycles. The summed E-state index contributed by atoms with van der Waals surface area (Å²) in [6.07, 6.45) is 3.22. The Bertz CT molecular complexity index is 789. The van der Waals surface area contributed by atoms with E-state index in [-0.39, 0.29) is 17.6 Å². The van der Waals surface area contributed by atoms with E-state index in [1.807, 2.05) is 24.0 Å². The number of halogens is 1. The number of carboxylic acids is 1. The number of nitrogens with zero attached hydrogens (tertiary/aromatic N) is 2. The summed E-state index contributed by atoms with van der Waals surface area (Å²) in [7, 11) is 0. The fourth-order valence-electron chi connectivity index (χ4n) is 3.04. The zero-order chi connectivity index (χ0) is 17.3. The number of carboxylic acid groups (broad SMARTS) is 1. The predicted octanol–water partition coefficient (Wildman–Crippen LogP) is 3.83. The Labute approximate surface area is 148 Å². The van der Waals surface area contributed by atoms with E-state index in [4.69, 9.17) is 5.11 Å². The minimum absolute atomic E-state index is 0.0449. The molecule has 3 rings (SSSR count). The number of carbonyl (C=O) groups excluding carboxylic acids is 1. The molecule has 0 radical (unpaired) electrons. The molecule has 0 spiro atoms. The number of aromatic carboxylic acids is 1. The van der Waals surface area contributed by atoms with Crippen LogP contribution < -0.4 is 0 Å². The van der Waals surface area contributed by atoms with E-state index in [9.17, 15) is 9.59 Å². The number of hydrogen-bond donors (Lipinski definition) is 1. The van der Waals surface area contributed by atoms with Gasteiger partial charge in [0, 0.05) is 17.2 Å². The molecule has 24 heavy (non-hydrogen) atoms. The topological polar surface area (TPSA) is 70.5 Å². The molecule has 1 aromatic carbocycles. The quantitative estimate of drug-likeness (QED) is 0.866. The molecule has 6 heteroatoms. The summed E-state index contributed by atoms with van der Waals surface area (Å²) in [6.45, 7) is 2.72. The van der Waals surface area contributed by atoms with Crippen LogP contribution in [0.4, 0.5) is 0 Å². The molecule has 5 nitrogen and oxygen atoms in total. The van der Waals surface area contributed by atoms with Crippen LogP contribution in [-0.2, 0) is 0 Å². The first-order chi connectivity index (χ1) is 11.5. The van der Waals surface area contributed by atoms with Crippen LogP contribution in [0.15, 0.2) is 41.0 Å². The number of carbonyl (C=O) groups is 2. The summed E-state index contributed by atoms with van der Waals surface area (Å²) in [5.41, 5.74) is 2.62. The highest BCUT2D eigenvalue weighted by molar-refractivity contribution is 9.10. The van der Waals surface area contributed by atoms with Crippen molar-refractivity contribution in [2.75, 3.05) is 6.54 Å². The third-order valence-electron chi connectivity index (χ3n) is 4.31. The molecule has 1 unspecified atom stereocenters. The number of aromatic nitrogens is 1. The van der Waals surface area contributed by atoms with Crippen molar-refractivity contribution in [2.45, 2.75) is 25.8 Å². The molecule has 1 fully saturated rings. The van der Waals surface area contributed by atoms with E-state index in [0.29, 0.717) is 12.1 Å². The number of benzene rings is 1. The van der Waals surface area contributed by atoms with Crippen molar-refractivity contribution in [3.05, 3.63) is 63.4 Å². The lowest BCUT2D eigenvalue weighted by atomic mass is 10.0. The Kier molecular flexibility index (Phi) is 4.66. The highest BCUT2D eigenvalue weighted by Gasteiger charge is 2.31. The fourth-order valence-corrected chi connectivity index (χ4v) is 3.29. The van der Waals surface area contributed by atoms with Gasteiger partial charge in [0.15, 0.2) is 0 Å². The van der Waals surface area contributed by atoms with E-state index in [1.165, 1.54) is 18.3 Å². The molecule has 1 N–H and O–H groups in total. The largest absolute Gasteiger partial charge is 0.477 e. The zero-order valence-electron chi connectivity index (χ0n) is 13.2. The van der Waals surface area contributed by atoms with Crippen LogP contribution in [0, 0.1) is 6.92 Å². The molecule has 1 saturated heterocycles. The molecule has 0 saturated carbocycles. The first-order valence-corrected chi connectivity index (χ1v) is 8.53. The van der Waals surface area contributed by atoms with Gasteiger partial charge in [0.2, 0.25) is 0 Å². The van der Waals surface area contributed by atoms with Gasteiger partial charge in [-0.1, -0.05) is 28.1 Å². The van der Waals surface area contributed by atoms with Gasteiger partial charge in [0.1, 0.15) is 5.69 Å². The lowest BCUT2D eigenvalue weighted by molar-refractivity contribution is 0.0685. The molecular weight excluding hydrogens is 372 g/mol. The lowest BCUT2D eigenvalue weighted by Gasteiger charge is -2.25. The maximum absolute atomic E-state index is 12.8. The minimum atomic E-state index is -1.10. The van der Waals surface area contributed by atoms with Crippen LogP contribution in [0.25, 0.3) is 0 Å². The first-order valence-electron chi connectivity index (χ1n) is 7.73. The van der Waals surface area contributed by atoms with Gasteiger partial charge in [0.25, 0.3) is 5.91 Å². The van der Waals surface area contributed by atoms with Crippen LogP contribution in [0.5, 0.6) is 0 Å². The number of pyridine rings is 1. The van der Waals surface area contributed by atoms with Gasteiger partial charge in [-0.15, -0.1) is 0 Å². The number of aryl methyl sites for hydroxylation is 1. The van der Waals surface area contributed by atoms with Crippen molar-refractivity contribution in [3.8, 4) is 0 Å². The Balaban J connectivity index is 1.85. The van der Waals surface area contributed by atoms with E-state index in [2.05, 4.69) is 27.0 Å². The molecule has 0 bridgehead atoms. The first kappa shape index (κ1) is 16.6. The maximum atomic E-state index is 12.8. The van der Waals surface area contributed by atoms with Gasteiger partial charge in [0.05, 0.1) is 11.6 Å². The molecule has 1 aliphatic rings. The summed E-state index contributed by atoms with van der Waals surface area (Å²) >= 11 is 3.50. The Morgan fingerprint density at radius 2 is 2.08 bits per heavy atom. The minimum Gasteiger partial charge on any atom is -0.477 e. The molecule has 2 heterocycles. The summed E-state index contributed by atoms with van der Waals surface area (Å²) in [5, 5.41) is 8.90. The molecule has 1 atom stereocenters. The van der Waals surface area contributed by atoms with Crippen LogP contribution in [0.1, 0.15) is 50.9 Å². The van der Waals surface area contributed by atoms with Gasteiger partial charge < -0.3 is 10.0 Å². The summed E-state index contributed by atoms with van der Waals surface area (Å²) in [5.74, 6) is -1.21. The Hall–Kier alpha value is -2.21. The van der Waals surface area contributed by atoms with E-state index in [0.717, 1.165) is 28.4 Å². The second-order valence-electron chi connectivity index (χ2n) is 5.90. The van der Waals surface area contributed by atoms with E-state index < -0.39 is 5.97 Å². The summed E-state index contributed by atoms with van der Waals surface area (Å²) < 4.78 is 1.05. The molecule has 2 aromatic rings. The number of hydrogen-bond acceptors (Lipinski definition) is 3. The van der Waals surface area contributed by atoms with Crippen molar-refractivity contribution >= 4 is 27.8 Å². The Morgan fingerprint density at radius 3 is 2.71 bits per heavy atom. The lowest BCUT2D eigenvalue weighted by Crippen LogP contribution is -2.30. The van der Waals surface area contributed by atoms with Crippen LogP contribution in [0.3, 0.4) is 0 Å². The summed E-state index contributed by atoms with van der Waals surface area (Å²) in [6, 6.07) is 9.09. The van der Waals surface area contributed by atoms with Gasteiger partial charge in [-0.2, -0.15) is 0 Å². The highest BCUT2D eigenvalue weighted by atomic mass is 79.9. The van der Waals surface area contributed by atoms with Gasteiger partial charge in [-0.25, -0.2) is 9.78 Å². The number of likely N-dealkylation sites (tertiary alicyclic amines) is 1. The zero-order valence-corrected chi connectivity index (χ0v) is 14.8. The average molecular weight is 389 g/mol. The van der Waals surface area contributed by atoms with Crippen LogP contribution in [0.2, 0.25) is 0 Å². The van der Waals surface area contributed by atoms with Gasteiger partial charge >= 0.3 is 5.97 Å². The van der Waals surface area contributed by atoms with E-state index >= 15 is 0 Å². The van der Waals surface area contributed by atoms with E-state index in [1.54, 1.807) is 0 Å². The molecule has 124 valence electrons. The Morgan fingerprint density at radius 1 is 1.29 bits per heavy atom. The van der Waals surface area contributed by atoms with Gasteiger partial charge in [-0.3, -0.25) is 4.79 Å². The van der Waals surface area contributed by atoms with Crippen molar-refractivity contribution < 1.29 is 14.7 Å². The SMILES string of the molecule is Cc1cc(C2CCCN2C(=O)c2ccc(C(=O)O)nc2)ccc1Br. The molecular formula is C18H17BrN2O3. The predicted molar refractivity (Wildman–Crippen MR) is 93.1 cm³/mol. The standard InChI is InChI=1S/C18H17BrN2O3/c1-11-9-12(4-6-14(11)19)16-3-2-8-21(16)17(22)13-5-7-15(18(23)24)20-10-13/h4-7,9-10,16H,2-3,8H2,1H3,(H,23,24). The van der Waals surface area contributed by atoms with Crippen molar-refractivity contribution in [1.29, 1.82) is 0 Å². The monoisotopic (exact) mass is 388 g/mol. The van der Waals surface area contributed by atoms with Crippen LogP contribution in [-0.4, -0.2) is 33.4 Å². The second-order valence-corrected chi connectivity index (χ2v) is 6.76. The fraction of sp³-hybridized carbons (Fsp3) is 0.278. The van der Waals surface area contributed by atoms with Crippen molar-refractivity contribution in [2.24, 2.45) is 0 Å². The summed E-state index contributed by atoms with van der Waals surface area (Å²) in [4.78, 5) is 29.4. The highest BCUT2D eigenvalue weighted by Crippen LogP contribution is 2.34. The third kappa shape index (κ3) is 3.19. The molecule has 1 amide bonds. The van der Waals surface area contributed by atoms with Crippen LogP contribution >= 0.6 is 15.9 Å². The second kappa shape index (κ2) is 6.73. The van der Waals surface area contributed by atoms with Crippen molar-refractivity contribution in [3.63, 3.8) is 0 Å². The average Bonchev–Trinajstić information content (AvgIpc) is 3.06. The number of rotatable bonds is 3. The smallest absolute Gasteiger partial charge is 0.354 e. The normalized spacial score (nSPS) is 17.1. The maximum Gasteiger partial charge on any atom is 0.354 e. The molecule has 0 aliphatic carbocycles. The molecule has 1 aromatic heterocycles. The number of amides is 1.